The van der Waals surface area contributed by atoms with Crippen LogP contribution in [0.3, 0.4) is 0 Å². The fourth-order valence-corrected chi connectivity index (χ4v) is 3.89. The van der Waals surface area contributed by atoms with Gasteiger partial charge >= 0.3 is 0 Å². The van der Waals surface area contributed by atoms with E-state index in [1.165, 1.54) is 11.8 Å². The number of aliphatic hydroxyl groups is 4. The average Bonchev–Trinajstić information content (AvgIpc) is 2.73. The number of hydrogen-bond donors (Lipinski definition) is 5. The lowest BCUT2D eigenvalue weighted by molar-refractivity contribution is -0.0796. The maximum atomic E-state index is 9.96. The van der Waals surface area contributed by atoms with Gasteiger partial charge in [-0.05, 0) is 12.2 Å². The van der Waals surface area contributed by atoms with Crippen LogP contribution in [0.15, 0.2) is 0 Å². The van der Waals surface area contributed by atoms with Crippen LogP contribution in [-0.2, 0) is 0 Å². The van der Waals surface area contributed by atoms with Gasteiger partial charge in [0.15, 0.2) is 5.11 Å². The number of nitrogens with one attached hydrogen (secondary N) is 1. The number of nitrogens with zero attached hydrogens (tertiary/aromatic N) is 1. The van der Waals surface area contributed by atoms with Crippen molar-refractivity contribution in [3.8, 4) is 0 Å². The number of hydrogen-bond acceptors (Lipinski definition) is 6. The second kappa shape index (κ2) is 5.25. The molecule has 2 fully saturated rings. The molecular formula is C9H16N2O4S2. The van der Waals surface area contributed by atoms with Crippen LogP contribution in [-0.4, -0.2) is 79.1 Å². The van der Waals surface area contributed by atoms with Crippen LogP contribution in [0.25, 0.3) is 0 Å². The molecule has 0 unspecified atom stereocenters. The maximum Gasteiger partial charge on any atom is 0.170 e. The molecule has 5 atom stereocenters. The van der Waals surface area contributed by atoms with E-state index in [-0.39, 0.29) is 6.61 Å². The zero-order valence-electron chi connectivity index (χ0n) is 9.06. The van der Waals surface area contributed by atoms with Crippen LogP contribution in [0.5, 0.6) is 0 Å². The molecule has 2 heterocycles. The molecule has 0 aromatic rings. The third-order valence-electron chi connectivity index (χ3n) is 3.06. The molecule has 98 valence electrons. The highest BCUT2D eigenvalue weighted by Crippen LogP contribution is 2.35. The number of rotatable bonds is 2. The Hall–Kier alpha value is -0.120. The van der Waals surface area contributed by atoms with Crippen molar-refractivity contribution in [3.05, 3.63) is 0 Å². The lowest BCUT2D eigenvalue weighted by Gasteiger charge is -2.43. The minimum Gasteiger partial charge on any atom is -0.395 e. The molecule has 2 rings (SSSR count). The molecule has 8 heteroatoms. The fraction of sp³-hybridized carbons (Fsp3) is 0.889. The highest BCUT2D eigenvalue weighted by Gasteiger charge is 2.46. The van der Waals surface area contributed by atoms with E-state index in [0.29, 0.717) is 18.2 Å². The van der Waals surface area contributed by atoms with Crippen LogP contribution >= 0.6 is 24.0 Å². The fourth-order valence-electron chi connectivity index (χ4n) is 2.07. The van der Waals surface area contributed by atoms with Crippen LogP contribution in [0.2, 0.25) is 0 Å². The number of thiocarbonyl (C=S) groups is 1. The van der Waals surface area contributed by atoms with Gasteiger partial charge in [-0.25, -0.2) is 0 Å². The van der Waals surface area contributed by atoms with Crippen molar-refractivity contribution in [2.45, 2.75) is 28.9 Å². The largest absolute Gasteiger partial charge is 0.395 e. The predicted octanol–water partition coefficient (Wildman–Crippen LogP) is -2.31. The molecule has 0 spiro atoms. The van der Waals surface area contributed by atoms with E-state index in [0.717, 1.165) is 0 Å². The summed E-state index contributed by atoms with van der Waals surface area (Å²) in [4.78, 5) is 1.78. The Balaban J connectivity index is 2.13. The summed E-state index contributed by atoms with van der Waals surface area (Å²) in [6.07, 6.45) is -3.47. The average molecular weight is 280 g/mol. The van der Waals surface area contributed by atoms with Gasteiger partial charge in [-0.2, -0.15) is 0 Å². The molecule has 0 aromatic heterocycles. The molecule has 2 saturated heterocycles. The Morgan fingerprint density at radius 1 is 1.29 bits per heavy atom. The zero-order valence-corrected chi connectivity index (χ0v) is 10.7. The topological polar surface area (TPSA) is 96.2 Å². The van der Waals surface area contributed by atoms with E-state index in [9.17, 15) is 15.3 Å². The number of thioether (sulfide) groups is 1. The van der Waals surface area contributed by atoms with Gasteiger partial charge in [0.1, 0.15) is 17.6 Å². The summed E-state index contributed by atoms with van der Waals surface area (Å²) in [5.74, 6) is 0. The van der Waals surface area contributed by atoms with Crippen molar-refractivity contribution in [1.29, 1.82) is 0 Å². The van der Waals surface area contributed by atoms with Crippen LogP contribution in [0.4, 0.5) is 0 Å². The SMILES string of the molecule is OC[C@@H]1S[C@H](N2CCNC2=S)[C@H](O)[C@@H](O)[C@@H]1O. The van der Waals surface area contributed by atoms with Crippen LogP contribution < -0.4 is 5.32 Å². The van der Waals surface area contributed by atoms with E-state index in [4.69, 9.17) is 17.3 Å². The Kier molecular flexibility index (Phi) is 4.11. The molecule has 0 saturated carbocycles. The second-order valence-electron chi connectivity index (χ2n) is 4.14. The molecule has 0 aliphatic carbocycles. The summed E-state index contributed by atoms with van der Waals surface area (Å²) in [7, 11) is 0. The van der Waals surface area contributed by atoms with E-state index in [2.05, 4.69) is 5.32 Å². The van der Waals surface area contributed by atoms with Crippen molar-refractivity contribution < 1.29 is 20.4 Å². The Labute approximate surface area is 109 Å². The smallest absolute Gasteiger partial charge is 0.170 e. The van der Waals surface area contributed by atoms with Gasteiger partial charge in [-0.15, -0.1) is 11.8 Å². The second-order valence-corrected chi connectivity index (χ2v) is 5.89. The van der Waals surface area contributed by atoms with Crippen LogP contribution in [0.1, 0.15) is 0 Å². The maximum absolute atomic E-state index is 9.96. The molecule has 6 nitrogen and oxygen atoms in total. The van der Waals surface area contributed by atoms with Gasteiger partial charge in [-0.3, -0.25) is 0 Å². The molecule has 0 radical (unpaired) electrons. The van der Waals surface area contributed by atoms with E-state index < -0.39 is 28.9 Å². The summed E-state index contributed by atoms with van der Waals surface area (Å²) < 4.78 is 0. The Morgan fingerprint density at radius 3 is 2.53 bits per heavy atom. The molecule has 0 bridgehead atoms. The molecule has 2 aliphatic rings. The Bertz CT molecular complexity index is 305. The summed E-state index contributed by atoms with van der Waals surface area (Å²) in [5.41, 5.74) is 0. The van der Waals surface area contributed by atoms with Crippen molar-refractivity contribution in [1.82, 2.24) is 10.2 Å². The molecule has 0 aromatic carbocycles. The third kappa shape index (κ3) is 2.38. The highest BCUT2D eigenvalue weighted by molar-refractivity contribution is 8.00. The first-order valence-corrected chi connectivity index (χ1v) is 6.76. The first-order valence-electron chi connectivity index (χ1n) is 5.41. The molecule has 2 aliphatic heterocycles. The zero-order chi connectivity index (χ0) is 12.6. The van der Waals surface area contributed by atoms with Crippen molar-refractivity contribution in [2.75, 3.05) is 19.7 Å². The molecular weight excluding hydrogens is 264 g/mol. The van der Waals surface area contributed by atoms with Gasteiger partial charge in [-0.1, -0.05) is 0 Å². The van der Waals surface area contributed by atoms with E-state index in [1.807, 2.05) is 0 Å². The van der Waals surface area contributed by atoms with Gasteiger partial charge in [0, 0.05) is 13.1 Å². The summed E-state index contributed by atoms with van der Waals surface area (Å²) in [6.45, 7) is 1.10. The summed E-state index contributed by atoms with van der Waals surface area (Å²) in [5, 5.41) is 41.1. The number of aliphatic hydroxyl groups excluding tert-OH is 4. The minimum atomic E-state index is -1.26. The van der Waals surface area contributed by atoms with Crippen molar-refractivity contribution in [2.24, 2.45) is 0 Å². The predicted molar refractivity (Wildman–Crippen MR) is 67.6 cm³/mol. The Morgan fingerprint density at radius 2 is 2.00 bits per heavy atom. The molecule has 17 heavy (non-hydrogen) atoms. The highest BCUT2D eigenvalue weighted by atomic mass is 32.2. The molecule has 5 N–H and O–H groups in total. The first kappa shape index (κ1) is 13.3. The lowest BCUT2D eigenvalue weighted by Crippen LogP contribution is -2.59. The van der Waals surface area contributed by atoms with Gasteiger partial charge in [0.05, 0.1) is 18.0 Å². The summed E-state index contributed by atoms with van der Waals surface area (Å²) in [6, 6.07) is 0. The minimum absolute atomic E-state index is 0.250. The van der Waals surface area contributed by atoms with Gasteiger partial charge in [0.25, 0.3) is 0 Å². The van der Waals surface area contributed by atoms with Gasteiger partial charge < -0.3 is 30.6 Å². The quantitative estimate of drug-likeness (QED) is 0.360. The standard InChI is InChI=1S/C9H16N2O4S2/c12-3-4-5(13)6(14)7(15)8(17-4)11-2-1-10-9(11)16/h4-8,12-15H,1-3H2,(H,10,16)/t4-,5+,6-,7+,8-/m0/s1. The van der Waals surface area contributed by atoms with Gasteiger partial charge in [0.2, 0.25) is 0 Å². The van der Waals surface area contributed by atoms with E-state index >= 15 is 0 Å². The first-order chi connectivity index (χ1) is 8.06. The normalized spacial score (nSPS) is 42.7. The molecule has 0 amide bonds. The summed E-state index contributed by atoms with van der Waals surface area (Å²) >= 11 is 6.34. The van der Waals surface area contributed by atoms with E-state index in [1.54, 1.807) is 4.90 Å². The lowest BCUT2D eigenvalue weighted by atomic mass is 10.0. The monoisotopic (exact) mass is 280 g/mol. The van der Waals surface area contributed by atoms with Crippen molar-refractivity contribution >= 4 is 29.1 Å². The van der Waals surface area contributed by atoms with Crippen molar-refractivity contribution in [3.63, 3.8) is 0 Å². The third-order valence-corrected chi connectivity index (χ3v) is 5.03. The van der Waals surface area contributed by atoms with Crippen LogP contribution in [0, 0.1) is 0 Å².